The maximum Gasteiger partial charge on any atom is 0.183 e. The molecule has 1 rings (SSSR count). The molecule has 0 aliphatic carbocycles. The number of H-pyrrole nitrogens is 1. The summed E-state index contributed by atoms with van der Waals surface area (Å²) in [6.45, 7) is 7.88. The third-order valence-corrected chi connectivity index (χ3v) is 1.98. The van der Waals surface area contributed by atoms with Gasteiger partial charge in [-0.2, -0.15) is 5.10 Å². The molecule has 0 spiro atoms. The Balaban J connectivity index is 2.86. The highest BCUT2D eigenvalue weighted by Gasteiger charge is 2.14. The summed E-state index contributed by atoms with van der Waals surface area (Å²) >= 11 is 0. The van der Waals surface area contributed by atoms with E-state index in [1.807, 2.05) is 19.9 Å². The van der Waals surface area contributed by atoms with Gasteiger partial charge in [0.1, 0.15) is 5.69 Å². The van der Waals surface area contributed by atoms with Crippen LogP contribution in [0.5, 0.6) is 0 Å². The number of Topliss-reactive ketones (excluding diaryl/α,β-unsaturated/α-hetero) is 1. The van der Waals surface area contributed by atoms with Gasteiger partial charge < -0.3 is 0 Å². The van der Waals surface area contributed by atoms with Crippen LogP contribution < -0.4 is 0 Å². The minimum atomic E-state index is 0.0282. The molecule has 1 aromatic rings. The van der Waals surface area contributed by atoms with Crippen molar-refractivity contribution in [3.8, 4) is 0 Å². The summed E-state index contributed by atoms with van der Waals surface area (Å²) in [6.07, 6.45) is 0. The van der Waals surface area contributed by atoms with Crippen molar-refractivity contribution in [2.75, 3.05) is 0 Å². The normalized spacial score (nSPS) is 11.2. The number of ketones is 1. The van der Waals surface area contributed by atoms with Crippen LogP contribution in [0.3, 0.4) is 0 Å². The molecule has 0 radical (unpaired) electrons. The molecule has 0 atom stereocenters. The van der Waals surface area contributed by atoms with E-state index in [-0.39, 0.29) is 11.7 Å². The average molecular weight is 180 g/mol. The van der Waals surface area contributed by atoms with Crippen LogP contribution in [0.1, 0.15) is 49.8 Å². The van der Waals surface area contributed by atoms with Crippen LogP contribution in [0, 0.1) is 5.92 Å². The van der Waals surface area contributed by atoms with E-state index in [1.165, 1.54) is 0 Å². The molecular formula is C10H16N2O. The lowest BCUT2D eigenvalue weighted by atomic mass is 10.0. The van der Waals surface area contributed by atoms with Crippen molar-refractivity contribution in [1.29, 1.82) is 0 Å². The highest BCUT2D eigenvalue weighted by molar-refractivity contribution is 5.95. The minimum absolute atomic E-state index is 0.0282. The number of rotatable bonds is 3. The molecule has 3 nitrogen and oxygen atoms in total. The Bertz CT molecular complexity index is 300. The van der Waals surface area contributed by atoms with Gasteiger partial charge in [0, 0.05) is 5.92 Å². The molecule has 0 fully saturated rings. The summed E-state index contributed by atoms with van der Waals surface area (Å²) in [7, 11) is 0. The van der Waals surface area contributed by atoms with Crippen molar-refractivity contribution in [2.45, 2.75) is 33.6 Å². The molecule has 0 saturated heterocycles. The Kier molecular flexibility index (Phi) is 2.86. The summed E-state index contributed by atoms with van der Waals surface area (Å²) in [5.74, 6) is 0.518. The van der Waals surface area contributed by atoms with Crippen LogP contribution in [0.15, 0.2) is 6.07 Å². The van der Waals surface area contributed by atoms with Gasteiger partial charge in [0.2, 0.25) is 0 Å². The summed E-state index contributed by atoms with van der Waals surface area (Å²) < 4.78 is 0. The average Bonchev–Trinajstić information content (AvgIpc) is 2.50. The predicted octanol–water partition coefficient (Wildman–Crippen LogP) is 2.37. The number of hydrogen-bond donors (Lipinski definition) is 1. The Morgan fingerprint density at radius 2 is 2.00 bits per heavy atom. The predicted molar refractivity (Wildman–Crippen MR) is 51.8 cm³/mol. The van der Waals surface area contributed by atoms with Gasteiger partial charge in [0.15, 0.2) is 5.78 Å². The molecule has 1 N–H and O–H groups in total. The van der Waals surface area contributed by atoms with E-state index in [2.05, 4.69) is 24.0 Å². The fourth-order valence-corrected chi connectivity index (χ4v) is 1.07. The molecule has 1 aromatic heterocycles. The first-order chi connectivity index (χ1) is 6.02. The quantitative estimate of drug-likeness (QED) is 0.726. The van der Waals surface area contributed by atoms with Crippen LogP contribution in [-0.2, 0) is 0 Å². The van der Waals surface area contributed by atoms with Crippen molar-refractivity contribution >= 4 is 5.78 Å². The Labute approximate surface area is 78.5 Å². The van der Waals surface area contributed by atoms with E-state index < -0.39 is 0 Å². The van der Waals surface area contributed by atoms with Gasteiger partial charge in [-0.3, -0.25) is 9.89 Å². The smallest absolute Gasteiger partial charge is 0.183 e. The number of carbonyl (C=O) groups excluding carboxylic acids is 1. The molecular weight excluding hydrogens is 164 g/mol. The number of aromatic amines is 1. The second-order valence-corrected chi connectivity index (χ2v) is 3.88. The molecule has 13 heavy (non-hydrogen) atoms. The monoisotopic (exact) mass is 180 g/mol. The minimum Gasteiger partial charge on any atom is -0.292 e. The van der Waals surface area contributed by atoms with E-state index in [0.29, 0.717) is 11.6 Å². The topological polar surface area (TPSA) is 45.8 Å². The summed E-state index contributed by atoms with van der Waals surface area (Å²) in [4.78, 5) is 11.5. The largest absolute Gasteiger partial charge is 0.292 e. The molecule has 0 aromatic carbocycles. The zero-order valence-electron chi connectivity index (χ0n) is 8.59. The second-order valence-electron chi connectivity index (χ2n) is 3.88. The lowest BCUT2D eigenvalue weighted by Crippen LogP contribution is -2.07. The number of nitrogens with zero attached hydrogens (tertiary/aromatic N) is 1. The number of hydrogen-bond acceptors (Lipinski definition) is 2. The maximum absolute atomic E-state index is 11.5. The number of carbonyl (C=O) groups is 1. The standard InChI is InChI=1S/C10H16N2O/c1-6(2)8-5-9(12-11-8)10(13)7(3)4/h5-7H,1-4H3,(H,11,12). The second kappa shape index (κ2) is 3.73. The summed E-state index contributed by atoms with van der Waals surface area (Å²) in [5.41, 5.74) is 1.57. The third-order valence-electron chi connectivity index (χ3n) is 1.98. The van der Waals surface area contributed by atoms with Gasteiger partial charge in [-0.15, -0.1) is 0 Å². The van der Waals surface area contributed by atoms with Crippen molar-refractivity contribution in [3.05, 3.63) is 17.5 Å². The third kappa shape index (κ3) is 2.17. The molecule has 3 heteroatoms. The molecule has 0 saturated carbocycles. The Hall–Kier alpha value is -1.12. The zero-order chi connectivity index (χ0) is 10.0. The highest BCUT2D eigenvalue weighted by Crippen LogP contribution is 2.14. The fraction of sp³-hybridized carbons (Fsp3) is 0.600. The van der Waals surface area contributed by atoms with E-state index >= 15 is 0 Å². The number of aromatic nitrogens is 2. The SMILES string of the molecule is CC(C)C(=O)c1cc(C(C)C)n[nH]1. The van der Waals surface area contributed by atoms with Gasteiger partial charge in [0.05, 0.1) is 5.69 Å². The van der Waals surface area contributed by atoms with Crippen molar-refractivity contribution in [2.24, 2.45) is 5.92 Å². The van der Waals surface area contributed by atoms with E-state index in [0.717, 1.165) is 5.69 Å². The van der Waals surface area contributed by atoms with Gasteiger partial charge in [0.25, 0.3) is 0 Å². The number of nitrogens with one attached hydrogen (secondary N) is 1. The van der Waals surface area contributed by atoms with E-state index in [9.17, 15) is 4.79 Å². The van der Waals surface area contributed by atoms with E-state index in [1.54, 1.807) is 0 Å². The van der Waals surface area contributed by atoms with Crippen LogP contribution in [0.25, 0.3) is 0 Å². The highest BCUT2D eigenvalue weighted by atomic mass is 16.1. The first kappa shape index (κ1) is 9.96. The Morgan fingerprint density at radius 3 is 2.38 bits per heavy atom. The van der Waals surface area contributed by atoms with Gasteiger partial charge >= 0.3 is 0 Å². The van der Waals surface area contributed by atoms with Crippen molar-refractivity contribution in [1.82, 2.24) is 10.2 Å². The lowest BCUT2D eigenvalue weighted by Gasteiger charge is -1.99. The molecule has 0 bridgehead atoms. The lowest BCUT2D eigenvalue weighted by molar-refractivity contribution is 0.0934. The van der Waals surface area contributed by atoms with Crippen LogP contribution in [-0.4, -0.2) is 16.0 Å². The van der Waals surface area contributed by atoms with Crippen molar-refractivity contribution in [3.63, 3.8) is 0 Å². The van der Waals surface area contributed by atoms with E-state index in [4.69, 9.17) is 0 Å². The van der Waals surface area contributed by atoms with Crippen LogP contribution in [0.2, 0.25) is 0 Å². The fourth-order valence-electron chi connectivity index (χ4n) is 1.07. The molecule has 1 heterocycles. The molecule has 0 amide bonds. The van der Waals surface area contributed by atoms with Crippen LogP contribution in [0.4, 0.5) is 0 Å². The first-order valence-electron chi connectivity index (χ1n) is 4.62. The van der Waals surface area contributed by atoms with Gasteiger partial charge in [-0.25, -0.2) is 0 Å². The Morgan fingerprint density at radius 1 is 1.38 bits per heavy atom. The first-order valence-corrected chi connectivity index (χ1v) is 4.62. The molecule has 0 aliphatic heterocycles. The molecule has 0 unspecified atom stereocenters. The molecule has 72 valence electrons. The molecule has 0 aliphatic rings. The zero-order valence-corrected chi connectivity index (χ0v) is 8.59. The summed E-state index contributed by atoms with van der Waals surface area (Å²) in [6, 6.07) is 1.84. The summed E-state index contributed by atoms with van der Waals surface area (Å²) in [5, 5.41) is 6.84. The van der Waals surface area contributed by atoms with Gasteiger partial charge in [-0.1, -0.05) is 27.7 Å². The van der Waals surface area contributed by atoms with Crippen molar-refractivity contribution < 1.29 is 4.79 Å². The maximum atomic E-state index is 11.5. The van der Waals surface area contributed by atoms with Gasteiger partial charge in [-0.05, 0) is 12.0 Å². The van der Waals surface area contributed by atoms with Crippen LogP contribution >= 0.6 is 0 Å².